The van der Waals surface area contributed by atoms with Crippen LogP contribution >= 0.6 is 0 Å². The minimum atomic E-state index is -0.613. The number of methoxy groups -OCH3 is 2. The Morgan fingerprint density at radius 3 is 2.42 bits per heavy atom. The van der Waals surface area contributed by atoms with E-state index >= 15 is 0 Å². The Balaban J connectivity index is 1.57. The van der Waals surface area contributed by atoms with Gasteiger partial charge < -0.3 is 14.4 Å². The van der Waals surface area contributed by atoms with Crippen LogP contribution in [0.4, 0.5) is 11.4 Å². The average Bonchev–Trinajstić information content (AvgIpc) is 3.57. The zero-order valence-corrected chi connectivity index (χ0v) is 23.0. The van der Waals surface area contributed by atoms with Gasteiger partial charge in [0.05, 0.1) is 37.5 Å². The van der Waals surface area contributed by atoms with Gasteiger partial charge in [-0.25, -0.2) is 24.4 Å². The second-order valence-electron chi connectivity index (χ2n) is 9.15. The second kappa shape index (κ2) is 11.9. The molecule has 0 saturated carbocycles. The monoisotopic (exact) mass is 537 g/mol. The van der Waals surface area contributed by atoms with E-state index in [1.165, 1.54) is 7.11 Å². The van der Waals surface area contributed by atoms with E-state index in [0.717, 1.165) is 37.3 Å². The molecule has 10 heteroatoms. The second-order valence-corrected chi connectivity index (χ2v) is 9.15. The number of imidazole rings is 1. The normalized spacial score (nSPS) is 13.2. The maximum atomic E-state index is 12.8. The highest BCUT2D eigenvalue weighted by atomic mass is 16.5. The van der Waals surface area contributed by atoms with Crippen molar-refractivity contribution in [2.45, 2.75) is 26.7 Å². The lowest BCUT2D eigenvalue weighted by molar-refractivity contribution is -0.132. The van der Waals surface area contributed by atoms with Crippen molar-refractivity contribution in [1.29, 1.82) is 0 Å². The third-order valence-electron chi connectivity index (χ3n) is 6.44. The minimum absolute atomic E-state index is 0.0532. The summed E-state index contributed by atoms with van der Waals surface area (Å²) in [6.45, 7) is 6.21. The van der Waals surface area contributed by atoms with Gasteiger partial charge in [0.2, 0.25) is 0 Å². The van der Waals surface area contributed by atoms with E-state index in [1.807, 2.05) is 54.6 Å². The maximum absolute atomic E-state index is 12.8. The number of fused-ring (bicyclic) bond motifs is 1. The molecule has 3 aromatic heterocycles. The summed E-state index contributed by atoms with van der Waals surface area (Å²) >= 11 is 0. The first-order valence-electron chi connectivity index (χ1n) is 13.2. The van der Waals surface area contributed by atoms with Gasteiger partial charge in [-0.2, -0.15) is 5.10 Å². The number of hydrogen-bond donors (Lipinski definition) is 0. The number of rotatable bonds is 10. The van der Waals surface area contributed by atoms with Gasteiger partial charge in [-0.15, -0.1) is 0 Å². The highest BCUT2D eigenvalue weighted by molar-refractivity contribution is 6.69. The molecule has 1 aliphatic heterocycles. The van der Waals surface area contributed by atoms with Crippen molar-refractivity contribution in [2.24, 2.45) is 10.1 Å². The lowest BCUT2D eigenvalue weighted by Gasteiger charge is -2.24. The van der Waals surface area contributed by atoms with E-state index in [-0.39, 0.29) is 5.71 Å². The van der Waals surface area contributed by atoms with Crippen LogP contribution in [-0.2, 0) is 9.53 Å². The SMILES string of the molecule is CCCN(CCC)c1ccc(N=C2C(C(=O)OC)=Nn3c(-c4cccc(-c5ccccn5)n4)cnc32)c(OC)c1. The summed E-state index contributed by atoms with van der Waals surface area (Å²) < 4.78 is 12.3. The van der Waals surface area contributed by atoms with Gasteiger partial charge in [0.25, 0.3) is 0 Å². The van der Waals surface area contributed by atoms with Crippen molar-refractivity contribution in [1.82, 2.24) is 19.6 Å². The van der Waals surface area contributed by atoms with Crippen LogP contribution in [0.5, 0.6) is 5.75 Å². The molecule has 0 saturated heterocycles. The van der Waals surface area contributed by atoms with E-state index in [2.05, 4.69) is 33.8 Å². The number of esters is 1. The molecular formula is C30H31N7O3. The molecule has 4 heterocycles. The van der Waals surface area contributed by atoms with Gasteiger partial charge >= 0.3 is 5.97 Å². The maximum Gasteiger partial charge on any atom is 0.360 e. The van der Waals surface area contributed by atoms with E-state index in [9.17, 15) is 4.79 Å². The van der Waals surface area contributed by atoms with Gasteiger partial charge in [0.1, 0.15) is 22.8 Å². The number of ether oxygens (including phenoxy) is 2. The molecule has 204 valence electrons. The lowest BCUT2D eigenvalue weighted by Crippen LogP contribution is -2.24. The molecule has 0 amide bonds. The van der Waals surface area contributed by atoms with Crippen LogP contribution in [0.3, 0.4) is 0 Å². The first-order valence-corrected chi connectivity index (χ1v) is 13.2. The molecule has 40 heavy (non-hydrogen) atoms. The van der Waals surface area contributed by atoms with E-state index in [0.29, 0.717) is 40.1 Å². The smallest absolute Gasteiger partial charge is 0.360 e. The first-order chi connectivity index (χ1) is 19.6. The Morgan fingerprint density at radius 1 is 0.950 bits per heavy atom. The zero-order valence-electron chi connectivity index (χ0n) is 23.0. The van der Waals surface area contributed by atoms with Gasteiger partial charge in [-0.05, 0) is 49.2 Å². The first kappa shape index (κ1) is 26.7. The molecule has 0 spiro atoms. The number of aliphatic imine (C=N–C) groups is 1. The molecule has 5 rings (SSSR count). The highest BCUT2D eigenvalue weighted by Gasteiger charge is 2.33. The molecule has 10 nitrogen and oxygen atoms in total. The Labute approximate surface area is 233 Å². The fraction of sp³-hybridized carbons (Fsp3) is 0.267. The van der Waals surface area contributed by atoms with E-state index in [1.54, 1.807) is 24.2 Å². The highest BCUT2D eigenvalue weighted by Crippen LogP contribution is 2.34. The van der Waals surface area contributed by atoms with Crippen molar-refractivity contribution < 1.29 is 14.3 Å². The van der Waals surface area contributed by atoms with Crippen LogP contribution in [0.1, 0.15) is 32.5 Å². The standard InChI is InChI=1S/C30H31N7O3/c1-5-16-36(17-6-2)20-13-14-24(26(18-20)39-3)34-27-28(30(38)40-4)35-37-25(19-32-29(27)37)23-12-9-11-22(33-23)21-10-7-8-15-31-21/h7-15,18-19H,5-6,16-17H2,1-4H3. The molecule has 0 fully saturated rings. The van der Waals surface area contributed by atoms with Gasteiger partial charge in [-0.1, -0.05) is 26.0 Å². The number of hydrogen-bond acceptors (Lipinski definition) is 9. The summed E-state index contributed by atoms with van der Waals surface area (Å²) in [5.41, 5.74) is 4.66. The molecule has 0 aliphatic carbocycles. The van der Waals surface area contributed by atoms with Crippen molar-refractivity contribution in [3.8, 4) is 28.5 Å². The molecule has 0 atom stereocenters. The Morgan fingerprint density at radius 2 is 1.73 bits per heavy atom. The van der Waals surface area contributed by atoms with Crippen molar-refractivity contribution >= 4 is 28.8 Å². The van der Waals surface area contributed by atoms with Crippen molar-refractivity contribution in [2.75, 3.05) is 32.2 Å². The molecular weight excluding hydrogens is 506 g/mol. The summed E-state index contributed by atoms with van der Waals surface area (Å²) in [6, 6.07) is 17.2. The van der Waals surface area contributed by atoms with E-state index in [4.69, 9.17) is 19.5 Å². The van der Waals surface area contributed by atoms with Gasteiger partial charge in [0, 0.05) is 31.0 Å². The predicted molar refractivity (Wildman–Crippen MR) is 156 cm³/mol. The van der Waals surface area contributed by atoms with Crippen LogP contribution < -0.4 is 9.64 Å². The number of anilines is 1. The van der Waals surface area contributed by atoms with Gasteiger partial charge in [-0.3, -0.25) is 4.98 Å². The average molecular weight is 538 g/mol. The quantitative estimate of drug-likeness (QED) is 0.257. The van der Waals surface area contributed by atoms with Crippen LogP contribution in [-0.4, -0.2) is 64.3 Å². The number of benzene rings is 1. The summed E-state index contributed by atoms with van der Waals surface area (Å²) in [5.74, 6) is 0.379. The number of carbonyl (C=O) groups is 1. The number of carbonyl (C=O) groups excluding carboxylic acids is 1. The third kappa shape index (κ3) is 5.20. The summed E-state index contributed by atoms with van der Waals surface area (Å²) in [5, 5.41) is 4.55. The molecule has 0 radical (unpaired) electrons. The topological polar surface area (TPSA) is 107 Å². The van der Waals surface area contributed by atoms with Crippen LogP contribution in [0.25, 0.3) is 22.8 Å². The predicted octanol–water partition coefficient (Wildman–Crippen LogP) is 5.15. The minimum Gasteiger partial charge on any atom is -0.494 e. The largest absolute Gasteiger partial charge is 0.494 e. The van der Waals surface area contributed by atoms with Crippen molar-refractivity contribution in [3.63, 3.8) is 0 Å². The Hall–Kier alpha value is -4.86. The van der Waals surface area contributed by atoms with E-state index < -0.39 is 5.97 Å². The number of aromatic nitrogens is 4. The zero-order chi connectivity index (χ0) is 28.1. The van der Waals surface area contributed by atoms with Crippen LogP contribution in [0.15, 0.2) is 77.1 Å². The molecule has 4 aromatic rings. The fourth-order valence-electron chi connectivity index (χ4n) is 4.59. The third-order valence-corrected chi connectivity index (χ3v) is 6.44. The van der Waals surface area contributed by atoms with Crippen LogP contribution in [0, 0.1) is 0 Å². The molecule has 1 aromatic carbocycles. The summed E-state index contributed by atoms with van der Waals surface area (Å²) in [7, 11) is 2.92. The molecule has 1 aliphatic rings. The van der Waals surface area contributed by atoms with Crippen molar-refractivity contribution in [3.05, 3.63) is 72.8 Å². The Kier molecular flexibility index (Phi) is 7.95. The molecule has 0 bridgehead atoms. The lowest BCUT2D eigenvalue weighted by atomic mass is 10.2. The molecule has 0 N–H and O–H groups in total. The fourth-order valence-corrected chi connectivity index (χ4v) is 4.59. The summed E-state index contributed by atoms with van der Waals surface area (Å²) in [4.78, 5) is 33.6. The van der Waals surface area contributed by atoms with Crippen LogP contribution in [0.2, 0.25) is 0 Å². The molecule has 0 unspecified atom stereocenters. The van der Waals surface area contributed by atoms with Gasteiger partial charge in [0.15, 0.2) is 11.5 Å². The number of pyridine rings is 2. The summed E-state index contributed by atoms with van der Waals surface area (Å²) in [6.07, 6.45) is 5.47. The number of nitrogens with zero attached hydrogens (tertiary/aromatic N) is 7. The Bertz CT molecular complexity index is 1570.